The normalized spacial score (nSPS) is 10.8. The first-order chi connectivity index (χ1) is 9.99. The molecule has 112 valence electrons. The van der Waals surface area contributed by atoms with Gasteiger partial charge in [0, 0.05) is 30.9 Å². The van der Waals surface area contributed by atoms with Crippen LogP contribution in [0.25, 0.3) is 0 Å². The molecule has 0 aliphatic rings. The molecule has 0 fully saturated rings. The number of H-pyrrole nitrogens is 1. The van der Waals surface area contributed by atoms with E-state index < -0.39 is 22.9 Å². The maximum absolute atomic E-state index is 13.2. The molecule has 2 aromatic rings. The van der Waals surface area contributed by atoms with E-state index in [4.69, 9.17) is 4.74 Å². The Morgan fingerprint density at radius 1 is 1.14 bits per heavy atom. The number of aromatic amines is 1. The molecule has 1 aromatic carbocycles. The minimum absolute atomic E-state index is 0.0424. The van der Waals surface area contributed by atoms with Crippen LogP contribution in [-0.4, -0.2) is 16.2 Å². The summed E-state index contributed by atoms with van der Waals surface area (Å²) in [4.78, 5) is 25.3. The molecule has 0 bridgehead atoms. The highest BCUT2D eigenvalue weighted by atomic mass is 19.1. The Balaban J connectivity index is 2.42. The van der Waals surface area contributed by atoms with Crippen LogP contribution in [0.5, 0.6) is 0 Å². The van der Waals surface area contributed by atoms with Gasteiger partial charge in [-0.2, -0.15) is 0 Å². The average Bonchev–Trinajstić information content (AvgIpc) is 2.36. The van der Waals surface area contributed by atoms with Gasteiger partial charge in [0.1, 0.15) is 18.4 Å². The number of nitrogens with one attached hydrogen (secondary N) is 1. The summed E-state index contributed by atoms with van der Waals surface area (Å²) in [5.74, 6) is -1.43. The van der Waals surface area contributed by atoms with Crippen molar-refractivity contribution in [1.82, 2.24) is 9.55 Å². The molecule has 5 nitrogen and oxygen atoms in total. The van der Waals surface area contributed by atoms with E-state index in [2.05, 4.69) is 4.98 Å². The van der Waals surface area contributed by atoms with Gasteiger partial charge in [0.25, 0.3) is 5.56 Å². The number of hydrogen-bond acceptors (Lipinski definition) is 3. The van der Waals surface area contributed by atoms with Gasteiger partial charge in [-0.15, -0.1) is 0 Å². The average molecular weight is 296 g/mol. The van der Waals surface area contributed by atoms with Crippen LogP contribution >= 0.6 is 0 Å². The minimum Gasteiger partial charge on any atom is -0.361 e. The predicted octanol–water partition coefficient (Wildman–Crippen LogP) is 1.40. The number of aromatic nitrogens is 2. The summed E-state index contributed by atoms with van der Waals surface area (Å²) in [6.45, 7) is 2.11. The van der Waals surface area contributed by atoms with Crippen LogP contribution in [0, 0.1) is 11.6 Å². The molecule has 1 heterocycles. The third kappa shape index (κ3) is 3.85. The van der Waals surface area contributed by atoms with Crippen molar-refractivity contribution in [1.29, 1.82) is 0 Å². The second-order valence-corrected chi connectivity index (χ2v) is 4.43. The largest absolute Gasteiger partial charge is 0.361 e. The summed E-state index contributed by atoms with van der Waals surface area (Å²) in [6.07, 6.45) is 0.0426. The van der Waals surface area contributed by atoms with E-state index in [1.54, 1.807) is 6.92 Å². The van der Waals surface area contributed by atoms with Crippen LogP contribution in [0.4, 0.5) is 8.78 Å². The fraction of sp³-hybridized carbons (Fsp3) is 0.286. The van der Waals surface area contributed by atoms with Crippen LogP contribution in [0.3, 0.4) is 0 Å². The van der Waals surface area contributed by atoms with Crippen LogP contribution in [0.15, 0.2) is 33.9 Å². The Morgan fingerprint density at radius 2 is 1.81 bits per heavy atom. The van der Waals surface area contributed by atoms with Crippen molar-refractivity contribution < 1.29 is 13.5 Å². The topological polar surface area (TPSA) is 64.1 Å². The van der Waals surface area contributed by atoms with Crippen LogP contribution in [0.1, 0.15) is 18.2 Å². The first-order valence-electron chi connectivity index (χ1n) is 6.35. The summed E-state index contributed by atoms with van der Waals surface area (Å²) >= 11 is 0. The molecule has 0 unspecified atom stereocenters. The molecule has 0 amide bonds. The van der Waals surface area contributed by atoms with Crippen molar-refractivity contribution in [3.05, 3.63) is 68.0 Å². The standard InChI is InChI=1S/C14H14F2N2O3/c1-2-21-8-18-12(7-13(19)17-14(18)20)5-9-3-10(15)6-11(16)4-9/h3-4,6-7H,2,5,8H2,1H3,(H,17,19,20). The number of benzene rings is 1. The van der Waals surface area contributed by atoms with Gasteiger partial charge in [0.2, 0.25) is 0 Å². The lowest BCUT2D eigenvalue weighted by Gasteiger charge is -2.12. The SMILES string of the molecule is CCOCn1c(Cc2cc(F)cc(F)c2)cc(=O)[nH]c1=O. The van der Waals surface area contributed by atoms with Gasteiger partial charge in [-0.3, -0.25) is 14.3 Å². The maximum atomic E-state index is 13.2. The molecule has 21 heavy (non-hydrogen) atoms. The van der Waals surface area contributed by atoms with E-state index in [0.29, 0.717) is 17.9 Å². The number of halogens is 2. The molecule has 0 aliphatic heterocycles. The third-order valence-corrected chi connectivity index (χ3v) is 2.85. The van der Waals surface area contributed by atoms with E-state index in [0.717, 1.165) is 18.2 Å². The highest BCUT2D eigenvalue weighted by molar-refractivity contribution is 5.23. The van der Waals surface area contributed by atoms with Gasteiger partial charge in [-0.25, -0.2) is 13.6 Å². The Morgan fingerprint density at radius 3 is 2.43 bits per heavy atom. The lowest BCUT2D eigenvalue weighted by atomic mass is 10.1. The third-order valence-electron chi connectivity index (χ3n) is 2.85. The van der Waals surface area contributed by atoms with Crippen LogP contribution in [0.2, 0.25) is 0 Å². The van der Waals surface area contributed by atoms with Gasteiger partial charge in [0.15, 0.2) is 0 Å². The summed E-state index contributed by atoms with van der Waals surface area (Å²) in [5.41, 5.74) is -0.549. The molecule has 1 aromatic heterocycles. The minimum atomic E-state index is -0.714. The zero-order chi connectivity index (χ0) is 15.4. The Bertz CT molecular complexity index is 732. The second kappa shape index (κ2) is 6.45. The first-order valence-corrected chi connectivity index (χ1v) is 6.35. The monoisotopic (exact) mass is 296 g/mol. The summed E-state index contributed by atoms with van der Waals surface area (Å²) in [5, 5.41) is 0. The van der Waals surface area contributed by atoms with E-state index in [1.807, 2.05) is 0 Å². The van der Waals surface area contributed by atoms with Crippen molar-refractivity contribution >= 4 is 0 Å². The quantitative estimate of drug-likeness (QED) is 0.907. The summed E-state index contributed by atoms with van der Waals surface area (Å²) in [7, 11) is 0. The molecule has 0 saturated carbocycles. The molecule has 0 radical (unpaired) electrons. The first kappa shape index (κ1) is 15.1. The number of hydrogen-bond donors (Lipinski definition) is 1. The van der Waals surface area contributed by atoms with Crippen molar-refractivity contribution in [2.45, 2.75) is 20.1 Å². The van der Waals surface area contributed by atoms with Crippen molar-refractivity contribution in [2.24, 2.45) is 0 Å². The van der Waals surface area contributed by atoms with Crippen molar-refractivity contribution in [2.75, 3.05) is 6.61 Å². The molecule has 1 N–H and O–H groups in total. The zero-order valence-electron chi connectivity index (χ0n) is 11.4. The smallest absolute Gasteiger partial charge is 0.330 e. The highest BCUT2D eigenvalue weighted by Gasteiger charge is 2.09. The van der Waals surface area contributed by atoms with E-state index in [-0.39, 0.29) is 13.2 Å². The summed E-state index contributed by atoms with van der Waals surface area (Å²) in [6, 6.07) is 4.28. The zero-order valence-corrected chi connectivity index (χ0v) is 11.4. The number of nitrogens with zero attached hydrogens (tertiary/aromatic N) is 1. The van der Waals surface area contributed by atoms with Gasteiger partial charge in [0.05, 0.1) is 0 Å². The fourth-order valence-electron chi connectivity index (χ4n) is 1.96. The molecule has 7 heteroatoms. The van der Waals surface area contributed by atoms with Gasteiger partial charge >= 0.3 is 5.69 Å². The summed E-state index contributed by atoms with van der Waals surface area (Å²) < 4.78 is 32.8. The molecule has 2 rings (SSSR count). The lowest BCUT2D eigenvalue weighted by molar-refractivity contribution is 0.0824. The number of ether oxygens (including phenoxy) is 1. The number of rotatable bonds is 5. The molecular weight excluding hydrogens is 282 g/mol. The van der Waals surface area contributed by atoms with E-state index in [9.17, 15) is 18.4 Å². The molecule has 0 saturated heterocycles. The fourth-order valence-corrected chi connectivity index (χ4v) is 1.96. The van der Waals surface area contributed by atoms with Crippen molar-refractivity contribution in [3.8, 4) is 0 Å². The molecular formula is C14H14F2N2O3. The lowest BCUT2D eigenvalue weighted by Crippen LogP contribution is -2.33. The van der Waals surface area contributed by atoms with Crippen molar-refractivity contribution in [3.63, 3.8) is 0 Å². The second-order valence-electron chi connectivity index (χ2n) is 4.43. The maximum Gasteiger partial charge on any atom is 0.330 e. The molecule has 0 spiro atoms. The van der Waals surface area contributed by atoms with E-state index in [1.165, 1.54) is 10.6 Å². The molecule has 0 atom stereocenters. The Kier molecular flexibility index (Phi) is 4.64. The highest BCUT2D eigenvalue weighted by Crippen LogP contribution is 2.12. The van der Waals surface area contributed by atoms with Gasteiger partial charge < -0.3 is 4.74 Å². The van der Waals surface area contributed by atoms with E-state index >= 15 is 0 Å². The Hall–Kier alpha value is -2.28. The van der Waals surface area contributed by atoms with Gasteiger partial charge in [-0.1, -0.05) is 0 Å². The molecule has 0 aliphatic carbocycles. The van der Waals surface area contributed by atoms with Crippen LogP contribution < -0.4 is 11.2 Å². The van der Waals surface area contributed by atoms with Crippen LogP contribution in [-0.2, 0) is 17.9 Å². The van der Waals surface area contributed by atoms with Gasteiger partial charge in [-0.05, 0) is 24.6 Å². The Labute approximate surface area is 118 Å². The predicted molar refractivity (Wildman–Crippen MR) is 72.1 cm³/mol.